The van der Waals surface area contributed by atoms with Crippen LogP contribution >= 0.6 is 0 Å². The standard InChI is InChI=1S/C11H19N5O4/c1-3-4-8-10(16(18)19)11(15(2)14-8)13-5-6-20-7-9(12)17/h13H,3-7H2,1-2H3,(H2,12,17). The molecule has 1 aromatic heterocycles. The molecule has 9 heteroatoms. The summed E-state index contributed by atoms with van der Waals surface area (Å²) in [6, 6.07) is 0. The zero-order valence-corrected chi connectivity index (χ0v) is 11.6. The normalized spacial score (nSPS) is 10.5. The second kappa shape index (κ2) is 7.43. The lowest BCUT2D eigenvalue weighted by molar-refractivity contribution is -0.384. The SMILES string of the molecule is CCCc1nn(C)c(NCCOCC(N)=O)c1[N+](=O)[O-]. The Balaban J connectivity index is 2.68. The highest BCUT2D eigenvalue weighted by atomic mass is 16.6. The van der Waals surface area contributed by atoms with E-state index in [1.54, 1.807) is 7.05 Å². The number of aryl methyl sites for hydroxylation is 2. The molecule has 20 heavy (non-hydrogen) atoms. The largest absolute Gasteiger partial charge is 0.370 e. The molecule has 0 aromatic carbocycles. The summed E-state index contributed by atoms with van der Waals surface area (Å²) >= 11 is 0. The van der Waals surface area contributed by atoms with Gasteiger partial charge in [-0.1, -0.05) is 13.3 Å². The minimum absolute atomic E-state index is 0.00995. The van der Waals surface area contributed by atoms with E-state index in [0.29, 0.717) is 24.5 Å². The van der Waals surface area contributed by atoms with Crippen molar-refractivity contribution in [2.24, 2.45) is 12.8 Å². The van der Waals surface area contributed by atoms with Crippen LogP contribution < -0.4 is 11.1 Å². The first kappa shape index (κ1) is 15.9. The molecule has 1 rings (SSSR count). The number of ether oxygens (including phenoxy) is 1. The number of carbonyl (C=O) groups excluding carboxylic acids is 1. The second-order valence-electron chi connectivity index (χ2n) is 4.22. The number of rotatable bonds is 9. The zero-order valence-electron chi connectivity index (χ0n) is 11.6. The van der Waals surface area contributed by atoms with Gasteiger partial charge in [0.15, 0.2) is 0 Å². The molecule has 1 amide bonds. The molecule has 9 nitrogen and oxygen atoms in total. The van der Waals surface area contributed by atoms with Crippen LogP contribution in [0.3, 0.4) is 0 Å². The van der Waals surface area contributed by atoms with Gasteiger partial charge in [0, 0.05) is 13.6 Å². The number of amides is 1. The summed E-state index contributed by atoms with van der Waals surface area (Å²) in [6.07, 6.45) is 1.32. The van der Waals surface area contributed by atoms with Crippen molar-refractivity contribution in [1.82, 2.24) is 9.78 Å². The minimum Gasteiger partial charge on any atom is -0.370 e. The summed E-state index contributed by atoms with van der Waals surface area (Å²) in [7, 11) is 1.64. The van der Waals surface area contributed by atoms with Crippen LogP contribution in [0.1, 0.15) is 19.0 Å². The average Bonchev–Trinajstić information content (AvgIpc) is 2.65. The summed E-state index contributed by atoms with van der Waals surface area (Å²) < 4.78 is 6.42. The number of nitrogens with zero attached hydrogens (tertiary/aromatic N) is 3. The number of hydrogen-bond donors (Lipinski definition) is 2. The Hall–Kier alpha value is -2.16. The van der Waals surface area contributed by atoms with Crippen molar-refractivity contribution in [3.8, 4) is 0 Å². The van der Waals surface area contributed by atoms with E-state index in [-0.39, 0.29) is 18.9 Å². The van der Waals surface area contributed by atoms with E-state index in [9.17, 15) is 14.9 Å². The Labute approximate surface area is 116 Å². The molecule has 0 bridgehead atoms. The lowest BCUT2D eigenvalue weighted by atomic mass is 10.2. The summed E-state index contributed by atoms with van der Waals surface area (Å²) in [5.74, 6) is -0.220. The number of anilines is 1. The van der Waals surface area contributed by atoms with E-state index in [1.165, 1.54) is 4.68 Å². The van der Waals surface area contributed by atoms with Crippen molar-refractivity contribution in [3.63, 3.8) is 0 Å². The molecule has 0 atom stereocenters. The van der Waals surface area contributed by atoms with Gasteiger partial charge in [-0.25, -0.2) is 4.68 Å². The number of hydrogen-bond acceptors (Lipinski definition) is 6. The molecule has 0 fully saturated rings. The fourth-order valence-electron chi connectivity index (χ4n) is 1.78. The number of aromatic nitrogens is 2. The molecule has 0 aliphatic carbocycles. The van der Waals surface area contributed by atoms with E-state index < -0.39 is 10.8 Å². The van der Waals surface area contributed by atoms with Gasteiger partial charge < -0.3 is 15.8 Å². The van der Waals surface area contributed by atoms with Gasteiger partial charge in [0.1, 0.15) is 12.3 Å². The van der Waals surface area contributed by atoms with Crippen molar-refractivity contribution >= 4 is 17.4 Å². The summed E-state index contributed by atoms with van der Waals surface area (Å²) in [5.41, 5.74) is 5.37. The summed E-state index contributed by atoms with van der Waals surface area (Å²) in [4.78, 5) is 21.2. The Morgan fingerprint density at radius 3 is 2.85 bits per heavy atom. The third kappa shape index (κ3) is 4.19. The van der Waals surface area contributed by atoms with Gasteiger partial charge in [-0.2, -0.15) is 5.10 Å². The van der Waals surface area contributed by atoms with Crippen LogP contribution in [0.5, 0.6) is 0 Å². The third-order valence-electron chi connectivity index (χ3n) is 2.54. The number of nitrogens with two attached hydrogens (primary N) is 1. The fraction of sp³-hybridized carbons (Fsp3) is 0.636. The highest BCUT2D eigenvalue weighted by Gasteiger charge is 2.25. The molecule has 1 aromatic rings. The molecule has 112 valence electrons. The van der Waals surface area contributed by atoms with Gasteiger partial charge in [-0.3, -0.25) is 14.9 Å². The van der Waals surface area contributed by atoms with Crippen LogP contribution in [0.15, 0.2) is 0 Å². The quantitative estimate of drug-likeness (QED) is 0.379. The number of nitrogens with one attached hydrogen (secondary N) is 1. The van der Waals surface area contributed by atoms with E-state index in [4.69, 9.17) is 10.5 Å². The van der Waals surface area contributed by atoms with Gasteiger partial charge in [-0.05, 0) is 6.42 Å². The van der Waals surface area contributed by atoms with Gasteiger partial charge in [0.25, 0.3) is 0 Å². The molecule has 0 saturated carbocycles. The summed E-state index contributed by atoms with van der Waals surface area (Å²) in [5, 5.41) is 18.2. The first-order valence-electron chi connectivity index (χ1n) is 6.27. The van der Waals surface area contributed by atoms with Crippen LogP contribution in [-0.4, -0.2) is 40.4 Å². The smallest absolute Gasteiger partial charge is 0.333 e. The Morgan fingerprint density at radius 2 is 2.30 bits per heavy atom. The van der Waals surface area contributed by atoms with Crippen molar-refractivity contribution in [3.05, 3.63) is 15.8 Å². The first-order valence-corrected chi connectivity index (χ1v) is 6.27. The van der Waals surface area contributed by atoms with Crippen LogP contribution in [0.25, 0.3) is 0 Å². The molecule has 0 aliphatic rings. The monoisotopic (exact) mass is 285 g/mol. The van der Waals surface area contributed by atoms with E-state index in [2.05, 4.69) is 10.4 Å². The third-order valence-corrected chi connectivity index (χ3v) is 2.54. The molecular weight excluding hydrogens is 266 g/mol. The van der Waals surface area contributed by atoms with Crippen LogP contribution in [-0.2, 0) is 23.0 Å². The number of nitro groups is 1. The van der Waals surface area contributed by atoms with Crippen LogP contribution in [0.4, 0.5) is 11.5 Å². The predicted molar refractivity (Wildman–Crippen MR) is 72.4 cm³/mol. The highest BCUT2D eigenvalue weighted by Crippen LogP contribution is 2.28. The van der Waals surface area contributed by atoms with Crippen LogP contribution in [0.2, 0.25) is 0 Å². The molecular formula is C11H19N5O4. The first-order chi connectivity index (χ1) is 9.47. The molecule has 0 radical (unpaired) electrons. The van der Waals surface area contributed by atoms with Gasteiger partial charge in [0.2, 0.25) is 11.7 Å². The fourth-order valence-corrected chi connectivity index (χ4v) is 1.78. The molecule has 0 saturated heterocycles. The zero-order chi connectivity index (χ0) is 15.1. The maximum absolute atomic E-state index is 11.1. The molecule has 0 unspecified atom stereocenters. The van der Waals surface area contributed by atoms with Crippen molar-refractivity contribution in [2.45, 2.75) is 19.8 Å². The summed E-state index contributed by atoms with van der Waals surface area (Å²) in [6.45, 7) is 2.30. The topological polar surface area (TPSA) is 125 Å². The molecule has 3 N–H and O–H groups in total. The van der Waals surface area contributed by atoms with Gasteiger partial charge in [0.05, 0.1) is 11.5 Å². The van der Waals surface area contributed by atoms with Crippen LogP contribution in [0, 0.1) is 10.1 Å². The Morgan fingerprint density at radius 1 is 1.60 bits per heavy atom. The predicted octanol–water partition coefficient (Wildman–Crippen LogP) is 0.195. The molecule has 0 aliphatic heterocycles. The lowest BCUT2D eigenvalue weighted by Crippen LogP contribution is -2.21. The minimum atomic E-state index is -0.554. The lowest BCUT2D eigenvalue weighted by Gasteiger charge is -2.06. The van der Waals surface area contributed by atoms with E-state index >= 15 is 0 Å². The van der Waals surface area contributed by atoms with Crippen molar-refractivity contribution < 1.29 is 14.5 Å². The molecule has 0 spiro atoms. The Kier molecular flexibility index (Phi) is 5.91. The highest BCUT2D eigenvalue weighted by molar-refractivity contribution is 5.74. The second-order valence-corrected chi connectivity index (χ2v) is 4.22. The average molecular weight is 285 g/mol. The molecule has 1 heterocycles. The maximum Gasteiger partial charge on any atom is 0.333 e. The van der Waals surface area contributed by atoms with E-state index in [0.717, 1.165) is 6.42 Å². The number of carbonyl (C=O) groups is 1. The Bertz CT molecular complexity index is 485. The van der Waals surface area contributed by atoms with Gasteiger partial charge in [-0.15, -0.1) is 0 Å². The van der Waals surface area contributed by atoms with E-state index in [1.807, 2.05) is 6.92 Å². The van der Waals surface area contributed by atoms with Gasteiger partial charge >= 0.3 is 5.69 Å². The maximum atomic E-state index is 11.1. The number of primary amides is 1. The van der Waals surface area contributed by atoms with Crippen molar-refractivity contribution in [1.29, 1.82) is 0 Å². The van der Waals surface area contributed by atoms with Crippen molar-refractivity contribution in [2.75, 3.05) is 25.1 Å².